The molecule has 2 atom stereocenters. The van der Waals surface area contributed by atoms with Gasteiger partial charge in [0, 0.05) is 25.0 Å². The fraction of sp³-hybridized carbons (Fsp3) is 0.356. The first-order chi connectivity index (χ1) is 40.7. The molecule has 3 fully saturated rings. The summed E-state index contributed by atoms with van der Waals surface area (Å²) in [5.74, 6) is 0. The number of allylic oxidation sites excluding steroid dienone is 4. The highest BCUT2D eigenvalue weighted by molar-refractivity contribution is 8.18. The second kappa shape index (κ2) is 29.2. The van der Waals surface area contributed by atoms with E-state index < -0.39 is 28.4 Å². The Bertz CT molecular complexity index is 3580. The number of halogens is 4. The molecule has 8 aromatic carbocycles. The Kier molecular flexibility index (Phi) is 21.9. The van der Waals surface area contributed by atoms with E-state index >= 15 is 0 Å². The molecule has 2 saturated carbocycles. The fourth-order valence-corrected chi connectivity index (χ4v) is 13.1. The van der Waals surface area contributed by atoms with Gasteiger partial charge in [-0.25, -0.2) is 4.39 Å². The molecule has 7 nitrogen and oxygen atoms in total. The third kappa shape index (κ3) is 15.4. The largest absolute Gasteiger partial charge is 0.393 e. The van der Waals surface area contributed by atoms with Gasteiger partial charge in [-0.05, 0) is 173 Å². The minimum absolute atomic E-state index is 0. The minimum atomic E-state index is -4.97. The number of hydrogen-bond acceptors (Lipinski definition) is 7. The van der Waals surface area contributed by atoms with E-state index in [0.717, 1.165) is 86.4 Å². The molecule has 3 N–H and O–H groups in total. The summed E-state index contributed by atoms with van der Waals surface area (Å²) in [4.78, 5) is 0. The monoisotopic (exact) mass is 1170 g/mol. The predicted molar refractivity (Wildman–Crippen MR) is 342 cm³/mol. The van der Waals surface area contributed by atoms with Gasteiger partial charge >= 0.3 is 0 Å². The topological polar surface area (TPSA) is 130 Å². The van der Waals surface area contributed by atoms with Crippen molar-refractivity contribution < 1.29 is 25.9 Å². The number of rotatable bonds is 6. The summed E-state index contributed by atoms with van der Waals surface area (Å²) in [6.07, 6.45) is 19.3. The Morgan fingerprint density at radius 2 is 0.847 bits per heavy atom. The Labute approximate surface area is 502 Å². The fourth-order valence-electron chi connectivity index (χ4n) is 12.6. The van der Waals surface area contributed by atoms with E-state index in [4.69, 9.17) is 10.5 Å². The summed E-state index contributed by atoms with van der Waals surface area (Å²) in [6.45, 7) is 1.13. The molecule has 0 amide bonds. The molecule has 8 aromatic rings. The number of hydrogen-bond donors (Lipinski definition) is 2. The van der Waals surface area contributed by atoms with E-state index in [1.807, 2.05) is 42.5 Å². The summed E-state index contributed by atoms with van der Waals surface area (Å²) in [5, 5.41) is 48.2. The van der Waals surface area contributed by atoms with Crippen molar-refractivity contribution in [3.05, 3.63) is 216 Å². The predicted octanol–water partition coefficient (Wildman–Crippen LogP) is 18.5. The molecule has 0 aromatic heterocycles. The maximum absolute atomic E-state index is 13.3. The number of ether oxygens (including phenoxy) is 1. The van der Waals surface area contributed by atoms with Gasteiger partial charge in [-0.3, -0.25) is 0 Å². The van der Waals surface area contributed by atoms with Crippen molar-refractivity contribution in [3.8, 4) is 18.2 Å². The maximum atomic E-state index is 13.3. The molecule has 13 rings (SSSR count). The molecule has 0 unspecified atom stereocenters. The van der Waals surface area contributed by atoms with Gasteiger partial charge in [0.1, 0.15) is 6.17 Å². The quantitative estimate of drug-likeness (QED) is 0.125. The molecule has 1 aliphatic heterocycles. The first-order valence-electron chi connectivity index (χ1n) is 29.5. The highest BCUT2D eigenvalue weighted by Gasteiger charge is 2.39. The van der Waals surface area contributed by atoms with Crippen LogP contribution in [0.4, 0.5) is 16.0 Å². The molecular formula is C73H79F4N5O2S. The molecule has 0 radical (unpaired) electrons. The lowest BCUT2D eigenvalue weighted by Gasteiger charge is -2.34. The standard InChI is InChI=1S/C17H16FN.C17H17NO.C17H19N.C17H15N.C4H8F3NOS.CH4/c18-16-7-9-17(12-19,10-8-16)15-6-5-13-3-1-2-4-14(13)11-15;18-12-17(9-7-16(19)8-10-17)15-6-5-13-3-1-2-4-14(13)11-15;2*18-13-17(10-4-1-5-11-17)16-9-8-14-6-2-3-7-15(14)12-16;5-10(6,7)8-1-3-9-4-2-8;/h1-6,11,16H,7-10H2;1-6,11,16,19H,7-10H2;1-4,6-9,12H,5,10-11,13,18H2;1-4,6-9,12H,5,10-11H2;1-4H2;1H4/t;;2*17-;;/m..11../s1. The molecule has 85 heavy (non-hydrogen) atoms. The van der Waals surface area contributed by atoms with Crippen LogP contribution in [0.1, 0.15) is 120 Å². The Morgan fingerprint density at radius 3 is 1.20 bits per heavy atom. The van der Waals surface area contributed by atoms with Crippen molar-refractivity contribution in [3.63, 3.8) is 0 Å². The van der Waals surface area contributed by atoms with E-state index in [-0.39, 0.29) is 50.7 Å². The van der Waals surface area contributed by atoms with E-state index in [1.165, 1.54) is 49.7 Å². The van der Waals surface area contributed by atoms with Gasteiger partial charge in [0.15, 0.2) is 0 Å². The van der Waals surface area contributed by atoms with Crippen molar-refractivity contribution in [2.24, 2.45) is 5.73 Å². The van der Waals surface area contributed by atoms with E-state index in [9.17, 15) is 36.9 Å². The van der Waals surface area contributed by atoms with Crippen LogP contribution in [0.15, 0.2) is 194 Å². The van der Waals surface area contributed by atoms with Crippen molar-refractivity contribution in [2.45, 2.75) is 131 Å². The second-order valence-corrected chi connectivity index (χ2v) is 24.4. The van der Waals surface area contributed by atoms with Crippen LogP contribution in [0.5, 0.6) is 0 Å². The van der Waals surface area contributed by atoms with Gasteiger partial charge < -0.3 is 15.6 Å². The van der Waals surface area contributed by atoms with Crippen molar-refractivity contribution in [1.82, 2.24) is 4.31 Å². The van der Waals surface area contributed by atoms with E-state index in [0.29, 0.717) is 30.0 Å². The third-order valence-corrected chi connectivity index (χ3v) is 18.9. The van der Waals surface area contributed by atoms with Gasteiger partial charge in [-0.2, -0.15) is 20.1 Å². The minimum Gasteiger partial charge on any atom is -0.393 e. The Balaban J connectivity index is 0.000000140. The van der Waals surface area contributed by atoms with Gasteiger partial charge in [0.2, 0.25) is 0 Å². The zero-order valence-electron chi connectivity index (χ0n) is 47.7. The number of aliphatic hydroxyl groups is 1. The zero-order valence-corrected chi connectivity index (χ0v) is 48.5. The summed E-state index contributed by atoms with van der Waals surface area (Å²) in [6, 6.07) is 66.4. The Morgan fingerprint density at radius 1 is 0.482 bits per heavy atom. The second-order valence-electron chi connectivity index (χ2n) is 23.1. The molecule has 442 valence electrons. The number of nitrogens with two attached hydrogens (primary N) is 1. The average Bonchev–Trinajstić information content (AvgIpc) is 3.72. The van der Waals surface area contributed by atoms with Crippen molar-refractivity contribution >= 4 is 54.5 Å². The van der Waals surface area contributed by atoms with Crippen LogP contribution in [0.3, 0.4) is 0 Å². The number of morpholine rings is 1. The van der Waals surface area contributed by atoms with E-state index in [2.05, 4.69) is 170 Å². The van der Waals surface area contributed by atoms with Gasteiger partial charge in [-0.1, -0.05) is 183 Å². The SMILES string of the molecule is C.FS(F)(F)N1CCOCC1.N#CC1(c2ccc3ccccc3c2)CCC(F)CC1.N#CC1(c2ccc3ccccc3c2)CCC(O)CC1.N#C[C@@]1(c2ccc3ccccc3c2)CC=CCC1.NC[C@@]1(c2ccc3ccccc3c2)CC=CCC1. The molecule has 0 bridgehead atoms. The molecule has 1 heterocycles. The van der Waals surface area contributed by atoms with Crippen LogP contribution in [0, 0.1) is 34.0 Å². The first-order valence-corrected chi connectivity index (χ1v) is 30.8. The van der Waals surface area contributed by atoms with Crippen molar-refractivity contribution in [1.29, 1.82) is 15.8 Å². The van der Waals surface area contributed by atoms with Crippen LogP contribution >= 0.6 is 11.4 Å². The summed E-state index contributed by atoms with van der Waals surface area (Å²) >= 11 is -4.97. The normalized spacial score (nSPS) is 24.8. The van der Waals surface area contributed by atoms with Crippen LogP contribution < -0.4 is 5.73 Å². The van der Waals surface area contributed by atoms with E-state index in [1.54, 1.807) is 0 Å². The van der Waals surface area contributed by atoms with Gasteiger partial charge in [0.25, 0.3) is 11.4 Å². The molecule has 12 heteroatoms. The number of nitrogens with zero attached hydrogens (tertiary/aromatic N) is 4. The summed E-state index contributed by atoms with van der Waals surface area (Å²) in [7, 11) is 0. The smallest absolute Gasteiger partial charge is 0.278 e. The highest BCUT2D eigenvalue weighted by atomic mass is 32.3. The molecule has 0 spiro atoms. The number of benzene rings is 8. The molecule has 1 saturated heterocycles. The number of fused-ring (bicyclic) bond motifs is 4. The average molecular weight is 1170 g/mol. The number of aliphatic hydroxyl groups excluding tert-OH is 1. The number of alkyl halides is 1. The van der Waals surface area contributed by atoms with Crippen LogP contribution in [0.2, 0.25) is 0 Å². The number of nitriles is 3. The van der Waals surface area contributed by atoms with Crippen LogP contribution in [-0.4, -0.2) is 54.5 Å². The van der Waals surface area contributed by atoms with Crippen LogP contribution in [-0.2, 0) is 26.4 Å². The third-order valence-electron chi connectivity index (χ3n) is 18.0. The molecule has 5 aliphatic rings. The lowest BCUT2D eigenvalue weighted by atomic mass is 9.69. The summed E-state index contributed by atoms with van der Waals surface area (Å²) in [5.41, 5.74) is 9.70. The molecular weight excluding hydrogens is 1090 g/mol. The Hall–Kier alpha value is -7.34. The first kappa shape index (κ1) is 63.7. The molecule has 4 aliphatic carbocycles. The lowest BCUT2D eigenvalue weighted by molar-refractivity contribution is 0.0697. The maximum Gasteiger partial charge on any atom is 0.278 e. The highest BCUT2D eigenvalue weighted by Crippen LogP contribution is 2.56. The van der Waals surface area contributed by atoms with Crippen LogP contribution in [0.25, 0.3) is 43.1 Å². The summed E-state index contributed by atoms with van der Waals surface area (Å²) < 4.78 is 54.3. The van der Waals surface area contributed by atoms with Crippen molar-refractivity contribution in [2.75, 3.05) is 32.8 Å². The zero-order chi connectivity index (χ0) is 59.1. The lowest BCUT2D eigenvalue weighted by Crippen LogP contribution is -2.35. The van der Waals surface area contributed by atoms with Gasteiger partial charge in [-0.15, -0.1) is 11.7 Å². The van der Waals surface area contributed by atoms with Gasteiger partial charge in [0.05, 0.1) is 53.8 Å².